The molecule has 68 valence electrons. The van der Waals surface area contributed by atoms with E-state index in [0.29, 0.717) is 18.9 Å². The molecule has 0 saturated heterocycles. The standard InChI is InChI=1S/C6H13N5O/c1-3-6(7,4-12-2)5-8-10-11-9-5/h3-4,7H2,1-2H3,(H,8,9,10,11). The van der Waals surface area contributed by atoms with Crippen molar-refractivity contribution in [2.75, 3.05) is 13.7 Å². The van der Waals surface area contributed by atoms with Crippen LogP contribution < -0.4 is 5.73 Å². The lowest BCUT2D eigenvalue weighted by molar-refractivity contribution is 0.124. The topological polar surface area (TPSA) is 89.7 Å². The first-order valence-corrected chi connectivity index (χ1v) is 3.74. The first-order chi connectivity index (χ1) is 5.73. The first kappa shape index (κ1) is 9.08. The molecule has 1 aromatic heterocycles. The number of hydrogen-bond donors (Lipinski definition) is 2. The van der Waals surface area contributed by atoms with Gasteiger partial charge in [0.05, 0.1) is 6.61 Å². The maximum absolute atomic E-state index is 5.96. The Kier molecular flexibility index (Phi) is 2.72. The summed E-state index contributed by atoms with van der Waals surface area (Å²) in [6.45, 7) is 2.35. The van der Waals surface area contributed by atoms with Gasteiger partial charge in [0, 0.05) is 7.11 Å². The summed E-state index contributed by atoms with van der Waals surface area (Å²) >= 11 is 0. The number of tetrazole rings is 1. The number of nitrogens with two attached hydrogens (primary N) is 1. The minimum Gasteiger partial charge on any atom is -0.382 e. The van der Waals surface area contributed by atoms with E-state index in [1.807, 2.05) is 6.92 Å². The number of aromatic amines is 1. The van der Waals surface area contributed by atoms with Crippen molar-refractivity contribution in [2.45, 2.75) is 18.9 Å². The zero-order valence-electron chi connectivity index (χ0n) is 7.24. The summed E-state index contributed by atoms with van der Waals surface area (Å²) in [6.07, 6.45) is 0.709. The Morgan fingerprint density at radius 3 is 2.83 bits per heavy atom. The highest BCUT2D eigenvalue weighted by Crippen LogP contribution is 2.16. The highest BCUT2D eigenvalue weighted by atomic mass is 16.5. The summed E-state index contributed by atoms with van der Waals surface area (Å²) in [7, 11) is 1.59. The van der Waals surface area contributed by atoms with Crippen molar-refractivity contribution < 1.29 is 4.74 Å². The van der Waals surface area contributed by atoms with E-state index < -0.39 is 5.54 Å². The molecule has 0 radical (unpaired) electrons. The molecule has 0 aliphatic rings. The fourth-order valence-electron chi connectivity index (χ4n) is 0.955. The molecule has 12 heavy (non-hydrogen) atoms. The molecule has 0 spiro atoms. The molecule has 0 fully saturated rings. The average molecular weight is 171 g/mol. The van der Waals surface area contributed by atoms with Crippen LogP contribution in [0.4, 0.5) is 0 Å². The van der Waals surface area contributed by atoms with E-state index in [1.165, 1.54) is 0 Å². The van der Waals surface area contributed by atoms with Crippen LogP contribution in [0.5, 0.6) is 0 Å². The lowest BCUT2D eigenvalue weighted by Gasteiger charge is -2.22. The number of nitrogens with zero attached hydrogens (tertiary/aromatic N) is 3. The molecule has 0 aliphatic carbocycles. The van der Waals surface area contributed by atoms with Crippen LogP contribution >= 0.6 is 0 Å². The molecule has 6 nitrogen and oxygen atoms in total. The molecule has 1 heterocycles. The lowest BCUT2D eigenvalue weighted by Crippen LogP contribution is -2.41. The summed E-state index contributed by atoms with van der Waals surface area (Å²) < 4.78 is 4.97. The molecule has 0 saturated carbocycles. The molecule has 1 rings (SSSR count). The molecule has 1 unspecified atom stereocenters. The van der Waals surface area contributed by atoms with Gasteiger partial charge in [-0.3, -0.25) is 0 Å². The highest BCUT2D eigenvalue weighted by Gasteiger charge is 2.29. The van der Waals surface area contributed by atoms with Crippen LogP contribution in [-0.4, -0.2) is 34.3 Å². The fourth-order valence-corrected chi connectivity index (χ4v) is 0.955. The molecule has 0 aliphatic heterocycles. The molecular formula is C6H13N5O. The van der Waals surface area contributed by atoms with Crippen LogP contribution in [0, 0.1) is 0 Å². The van der Waals surface area contributed by atoms with E-state index in [4.69, 9.17) is 10.5 Å². The van der Waals surface area contributed by atoms with Crippen LogP contribution in [0.3, 0.4) is 0 Å². The highest BCUT2D eigenvalue weighted by molar-refractivity contribution is 5.00. The zero-order valence-corrected chi connectivity index (χ0v) is 7.24. The van der Waals surface area contributed by atoms with Gasteiger partial charge in [-0.2, -0.15) is 5.21 Å². The second kappa shape index (κ2) is 3.59. The predicted molar refractivity (Wildman–Crippen MR) is 42.2 cm³/mol. The Morgan fingerprint density at radius 1 is 1.67 bits per heavy atom. The van der Waals surface area contributed by atoms with E-state index in [2.05, 4.69) is 20.6 Å². The number of hydrogen-bond acceptors (Lipinski definition) is 5. The van der Waals surface area contributed by atoms with E-state index in [1.54, 1.807) is 7.11 Å². The van der Waals surface area contributed by atoms with Crippen molar-refractivity contribution in [3.05, 3.63) is 5.82 Å². The normalized spacial score (nSPS) is 15.9. The fraction of sp³-hybridized carbons (Fsp3) is 0.833. The summed E-state index contributed by atoms with van der Waals surface area (Å²) in [5, 5.41) is 13.5. The van der Waals surface area contributed by atoms with Crippen molar-refractivity contribution in [1.29, 1.82) is 0 Å². The largest absolute Gasteiger partial charge is 0.382 e. The van der Waals surface area contributed by atoms with Crippen LogP contribution in [0.15, 0.2) is 0 Å². The Balaban J connectivity index is 2.80. The van der Waals surface area contributed by atoms with Gasteiger partial charge in [0.15, 0.2) is 5.82 Å². The van der Waals surface area contributed by atoms with Crippen molar-refractivity contribution in [3.8, 4) is 0 Å². The van der Waals surface area contributed by atoms with Crippen molar-refractivity contribution in [1.82, 2.24) is 20.6 Å². The second-order valence-corrected chi connectivity index (χ2v) is 2.68. The number of rotatable bonds is 4. The minimum absolute atomic E-state index is 0.392. The van der Waals surface area contributed by atoms with Gasteiger partial charge in [-0.25, -0.2) is 0 Å². The molecule has 0 aromatic carbocycles. The van der Waals surface area contributed by atoms with E-state index in [9.17, 15) is 0 Å². The van der Waals surface area contributed by atoms with Gasteiger partial charge >= 0.3 is 0 Å². The van der Waals surface area contributed by atoms with Crippen LogP contribution in [-0.2, 0) is 10.3 Å². The number of nitrogens with one attached hydrogen (secondary N) is 1. The maximum Gasteiger partial charge on any atom is 0.196 e. The summed E-state index contributed by atoms with van der Waals surface area (Å²) in [4.78, 5) is 0. The third-order valence-corrected chi connectivity index (χ3v) is 1.82. The van der Waals surface area contributed by atoms with Crippen LogP contribution in [0.25, 0.3) is 0 Å². The predicted octanol–water partition coefficient (Wildman–Crippen LogP) is -0.590. The van der Waals surface area contributed by atoms with Crippen LogP contribution in [0.1, 0.15) is 19.2 Å². The van der Waals surface area contributed by atoms with Gasteiger partial charge in [-0.1, -0.05) is 12.1 Å². The van der Waals surface area contributed by atoms with E-state index >= 15 is 0 Å². The van der Waals surface area contributed by atoms with Gasteiger partial charge in [0.2, 0.25) is 0 Å². The van der Waals surface area contributed by atoms with Gasteiger partial charge < -0.3 is 10.5 Å². The second-order valence-electron chi connectivity index (χ2n) is 2.68. The third-order valence-electron chi connectivity index (χ3n) is 1.82. The van der Waals surface area contributed by atoms with Gasteiger partial charge in [0.25, 0.3) is 0 Å². The summed E-state index contributed by atoms with van der Waals surface area (Å²) in [6, 6.07) is 0. The molecule has 3 N–H and O–H groups in total. The maximum atomic E-state index is 5.96. The molecule has 0 amide bonds. The van der Waals surface area contributed by atoms with Gasteiger partial charge in [0.1, 0.15) is 5.54 Å². The Bertz CT molecular complexity index is 224. The number of methoxy groups -OCH3 is 1. The van der Waals surface area contributed by atoms with E-state index in [-0.39, 0.29) is 0 Å². The number of aromatic nitrogens is 4. The lowest BCUT2D eigenvalue weighted by atomic mass is 9.98. The first-order valence-electron chi connectivity index (χ1n) is 3.74. The van der Waals surface area contributed by atoms with Gasteiger partial charge in [-0.05, 0) is 6.42 Å². The zero-order chi connectivity index (χ0) is 9.03. The SMILES string of the molecule is CCC(N)(COC)c1nn[nH]n1. The summed E-state index contributed by atoms with van der Waals surface area (Å²) in [5.41, 5.74) is 5.34. The van der Waals surface area contributed by atoms with E-state index in [0.717, 1.165) is 0 Å². The van der Waals surface area contributed by atoms with Crippen molar-refractivity contribution in [2.24, 2.45) is 5.73 Å². The molecular weight excluding hydrogens is 158 g/mol. The van der Waals surface area contributed by atoms with Gasteiger partial charge in [-0.15, -0.1) is 10.2 Å². The third kappa shape index (κ3) is 1.59. The monoisotopic (exact) mass is 171 g/mol. The molecule has 6 heteroatoms. The smallest absolute Gasteiger partial charge is 0.196 e. The number of ether oxygens (including phenoxy) is 1. The minimum atomic E-state index is -0.623. The summed E-state index contributed by atoms with van der Waals surface area (Å²) in [5.74, 6) is 0.492. The average Bonchev–Trinajstić information content (AvgIpc) is 2.57. The molecule has 1 atom stereocenters. The Morgan fingerprint density at radius 2 is 2.42 bits per heavy atom. The van der Waals surface area contributed by atoms with Crippen molar-refractivity contribution >= 4 is 0 Å². The Hall–Kier alpha value is -1.01. The molecule has 0 bridgehead atoms. The number of H-pyrrole nitrogens is 1. The quantitative estimate of drug-likeness (QED) is 0.632. The Labute approximate surface area is 70.5 Å². The van der Waals surface area contributed by atoms with Crippen molar-refractivity contribution in [3.63, 3.8) is 0 Å². The van der Waals surface area contributed by atoms with Crippen LogP contribution in [0.2, 0.25) is 0 Å². The molecule has 1 aromatic rings.